The van der Waals surface area contributed by atoms with Gasteiger partial charge in [-0.25, -0.2) is 4.68 Å². The fourth-order valence-electron chi connectivity index (χ4n) is 1.39. The molecule has 0 atom stereocenters. The highest BCUT2D eigenvalue weighted by molar-refractivity contribution is 5.21. The van der Waals surface area contributed by atoms with Crippen LogP contribution < -0.4 is 5.73 Å². The maximum absolute atomic E-state index is 5.46. The van der Waals surface area contributed by atoms with Crippen molar-refractivity contribution in [1.82, 2.24) is 15.0 Å². The summed E-state index contributed by atoms with van der Waals surface area (Å²) >= 11 is 0. The fraction of sp³-hybridized carbons (Fsp3) is 0.273. The first-order valence-corrected chi connectivity index (χ1v) is 4.92. The molecule has 0 aliphatic heterocycles. The molecule has 0 aliphatic rings. The number of hydrogen-bond donors (Lipinski definition) is 1. The third-order valence-electron chi connectivity index (χ3n) is 2.26. The number of nitrogens with two attached hydrogens (primary N) is 1. The largest absolute Gasteiger partial charge is 0.325 e. The first-order valence-electron chi connectivity index (χ1n) is 4.92. The lowest BCUT2D eigenvalue weighted by Gasteiger charge is -2.00. The summed E-state index contributed by atoms with van der Waals surface area (Å²) in [6.07, 6.45) is 1.87. The van der Waals surface area contributed by atoms with Gasteiger partial charge in [0.25, 0.3) is 0 Å². The molecule has 1 heterocycles. The molecule has 4 heteroatoms. The van der Waals surface area contributed by atoms with Gasteiger partial charge in [0, 0.05) is 6.54 Å². The molecule has 0 bridgehead atoms. The van der Waals surface area contributed by atoms with E-state index in [1.807, 2.05) is 6.20 Å². The zero-order valence-corrected chi connectivity index (χ0v) is 8.72. The number of aryl methyl sites for hydroxylation is 1. The van der Waals surface area contributed by atoms with Gasteiger partial charge in [0.2, 0.25) is 0 Å². The second-order valence-electron chi connectivity index (χ2n) is 3.60. The van der Waals surface area contributed by atoms with Gasteiger partial charge in [0.1, 0.15) is 0 Å². The molecule has 0 saturated carbocycles. The summed E-state index contributed by atoms with van der Waals surface area (Å²) in [5.74, 6) is 0. The molecule has 1 aromatic carbocycles. The quantitative estimate of drug-likeness (QED) is 0.810. The van der Waals surface area contributed by atoms with Crippen molar-refractivity contribution in [3.8, 4) is 0 Å². The van der Waals surface area contributed by atoms with Crippen molar-refractivity contribution in [2.75, 3.05) is 0 Å². The van der Waals surface area contributed by atoms with Gasteiger partial charge >= 0.3 is 0 Å². The van der Waals surface area contributed by atoms with Crippen LogP contribution in [-0.4, -0.2) is 15.0 Å². The van der Waals surface area contributed by atoms with E-state index in [2.05, 4.69) is 41.5 Å². The van der Waals surface area contributed by atoms with Gasteiger partial charge in [0.15, 0.2) is 0 Å². The third kappa shape index (κ3) is 2.41. The molecule has 0 amide bonds. The lowest BCUT2D eigenvalue weighted by atomic mass is 10.1. The van der Waals surface area contributed by atoms with Crippen molar-refractivity contribution in [3.63, 3.8) is 0 Å². The van der Waals surface area contributed by atoms with Crippen molar-refractivity contribution >= 4 is 0 Å². The lowest BCUT2D eigenvalue weighted by Crippen LogP contribution is -2.00. The number of rotatable bonds is 3. The average Bonchev–Trinajstić information content (AvgIpc) is 2.69. The van der Waals surface area contributed by atoms with Crippen molar-refractivity contribution < 1.29 is 0 Å². The molecule has 0 aliphatic carbocycles. The molecule has 2 rings (SSSR count). The van der Waals surface area contributed by atoms with Gasteiger partial charge in [-0.1, -0.05) is 35.0 Å². The predicted octanol–water partition coefficient (Wildman–Crippen LogP) is 1.09. The van der Waals surface area contributed by atoms with Gasteiger partial charge in [-0.15, -0.1) is 5.10 Å². The Hall–Kier alpha value is -1.68. The highest BCUT2D eigenvalue weighted by Gasteiger charge is 1.99. The van der Waals surface area contributed by atoms with Gasteiger partial charge < -0.3 is 5.73 Å². The fourth-order valence-corrected chi connectivity index (χ4v) is 1.39. The number of benzene rings is 1. The molecule has 15 heavy (non-hydrogen) atoms. The maximum atomic E-state index is 5.46. The molecule has 1 aromatic heterocycles. The Kier molecular flexibility index (Phi) is 2.78. The van der Waals surface area contributed by atoms with E-state index < -0.39 is 0 Å². The summed E-state index contributed by atoms with van der Waals surface area (Å²) in [7, 11) is 0. The van der Waals surface area contributed by atoms with E-state index in [9.17, 15) is 0 Å². The van der Waals surface area contributed by atoms with E-state index in [0.29, 0.717) is 6.54 Å². The van der Waals surface area contributed by atoms with E-state index in [1.165, 1.54) is 11.1 Å². The molecule has 0 saturated heterocycles. The van der Waals surface area contributed by atoms with Crippen LogP contribution in [0, 0.1) is 6.92 Å². The minimum Gasteiger partial charge on any atom is -0.325 e. The molecule has 0 unspecified atom stereocenters. The van der Waals surface area contributed by atoms with Gasteiger partial charge in [-0.2, -0.15) is 0 Å². The van der Waals surface area contributed by atoms with Crippen LogP contribution in [-0.2, 0) is 13.1 Å². The standard InChI is InChI=1S/C11H14N4/c1-9-2-4-10(5-3-9)7-15-8-11(6-12)13-14-15/h2-5,8H,6-7,12H2,1H3. The molecule has 2 N–H and O–H groups in total. The van der Waals surface area contributed by atoms with Gasteiger partial charge in [0.05, 0.1) is 18.4 Å². The second kappa shape index (κ2) is 4.23. The van der Waals surface area contributed by atoms with Crippen LogP contribution in [0.15, 0.2) is 30.5 Å². The van der Waals surface area contributed by atoms with Crippen LogP contribution in [0.5, 0.6) is 0 Å². The highest BCUT2D eigenvalue weighted by Crippen LogP contribution is 2.05. The normalized spacial score (nSPS) is 10.5. The molecule has 78 valence electrons. The van der Waals surface area contributed by atoms with Crippen LogP contribution >= 0.6 is 0 Å². The average molecular weight is 202 g/mol. The number of hydrogen-bond acceptors (Lipinski definition) is 3. The summed E-state index contributed by atoms with van der Waals surface area (Å²) < 4.78 is 1.80. The van der Waals surface area contributed by atoms with Crippen LogP contribution in [0.4, 0.5) is 0 Å². The SMILES string of the molecule is Cc1ccc(Cn2cc(CN)nn2)cc1. The molecule has 0 radical (unpaired) electrons. The lowest BCUT2D eigenvalue weighted by molar-refractivity contribution is 0.649. The van der Waals surface area contributed by atoms with Crippen molar-refractivity contribution in [3.05, 3.63) is 47.3 Å². The topological polar surface area (TPSA) is 56.7 Å². The van der Waals surface area contributed by atoms with Crippen molar-refractivity contribution in [2.24, 2.45) is 5.73 Å². The minimum absolute atomic E-state index is 0.438. The summed E-state index contributed by atoms with van der Waals surface area (Å²) in [4.78, 5) is 0. The predicted molar refractivity (Wildman–Crippen MR) is 58.2 cm³/mol. The van der Waals surface area contributed by atoms with E-state index in [-0.39, 0.29) is 0 Å². The van der Waals surface area contributed by atoms with Crippen LogP contribution in [0.1, 0.15) is 16.8 Å². The summed E-state index contributed by atoms with van der Waals surface area (Å²) in [6.45, 7) is 3.26. The van der Waals surface area contributed by atoms with Crippen molar-refractivity contribution in [1.29, 1.82) is 0 Å². The van der Waals surface area contributed by atoms with Crippen LogP contribution in [0.2, 0.25) is 0 Å². The third-order valence-corrected chi connectivity index (χ3v) is 2.26. The Morgan fingerprint density at radius 3 is 2.60 bits per heavy atom. The zero-order valence-electron chi connectivity index (χ0n) is 8.72. The summed E-state index contributed by atoms with van der Waals surface area (Å²) in [6, 6.07) is 8.38. The molecule has 0 spiro atoms. The summed E-state index contributed by atoms with van der Waals surface area (Å²) in [5, 5.41) is 7.93. The molecule has 2 aromatic rings. The van der Waals surface area contributed by atoms with Crippen molar-refractivity contribution in [2.45, 2.75) is 20.0 Å². The van der Waals surface area contributed by atoms with E-state index in [4.69, 9.17) is 5.73 Å². The summed E-state index contributed by atoms with van der Waals surface area (Å²) in [5.41, 5.74) is 8.76. The molecule has 4 nitrogen and oxygen atoms in total. The first kappa shape index (κ1) is 9.86. The van der Waals surface area contributed by atoms with E-state index in [1.54, 1.807) is 4.68 Å². The number of nitrogens with zero attached hydrogens (tertiary/aromatic N) is 3. The Labute approximate surface area is 88.7 Å². The monoisotopic (exact) mass is 202 g/mol. The second-order valence-corrected chi connectivity index (χ2v) is 3.60. The Morgan fingerprint density at radius 1 is 1.27 bits per heavy atom. The van der Waals surface area contributed by atoms with Crippen LogP contribution in [0.3, 0.4) is 0 Å². The zero-order chi connectivity index (χ0) is 10.7. The minimum atomic E-state index is 0.438. The van der Waals surface area contributed by atoms with E-state index in [0.717, 1.165) is 12.2 Å². The Morgan fingerprint density at radius 2 is 2.00 bits per heavy atom. The number of aromatic nitrogens is 3. The molecule has 0 fully saturated rings. The highest BCUT2D eigenvalue weighted by atomic mass is 15.4. The maximum Gasteiger partial charge on any atom is 0.0962 e. The Balaban J connectivity index is 2.11. The molecular weight excluding hydrogens is 188 g/mol. The van der Waals surface area contributed by atoms with Gasteiger partial charge in [-0.3, -0.25) is 0 Å². The Bertz CT molecular complexity index is 430. The first-order chi connectivity index (χ1) is 7.28. The van der Waals surface area contributed by atoms with Crippen LogP contribution in [0.25, 0.3) is 0 Å². The smallest absolute Gasteiger partial charge is 0.0962 e. The molecular formula is C11H14N4. The van der Waals surface area contributed by atoms with E-state index >= 15 is 0 Å². The van der Waals surface area contributed by atoms with Gasteiger partial charge in [-0.05, 0) is 12.5 Å².